The van der Waals surface area contributed by atoms with E-state index in [-0.39, 0.29) is 5.56 Å². The van der Waals surface area contributed by atoms with Gasteiger partial charge in [-0.25, -0.2) is 8.78 Å². The van der Waals surface area contributed by atoms with Crippen LogP contribution in [0.5, 0.6) is 0 Å². The summed E-state index contributed by atoms with van der Waals surface area (Å²) in [5, 5.41) is 9.24. The lowest BCUT2D eigenvalue weighted by atomic mass is 10.0. The van der Waals surface area contributed by atoms with Gasteiger partial charge in [-0.15, -0.1) is 0 Å². The quantitative estimate of drug-likeness (QED) is 0.818. The van der Waals surface area contributed by atoms with Gasteiger partial charge in [0, 0.05) is 12.6 Å². The molecule has 0 aliphatic heterocycles. The lowest BCUT2D eigenvalue weighted by Crippen LogP contribution is -2.40. The summed E-state index contributed by atoms with van der Waals surface area (Å²) in [4.78, 5) is 13.6. The molecule has 1 aromatic carbocycles. The number of carbonyl (C=O) groups excluding carboxylic acids is 1. The Kier molecular flexibility index (Phi) is 4.93. The highest BCUT2D eigenvalue weighted by Crippen LogP contribution is 2.14. The van der Waals surface area contributed by atoms with Gasteiger partial charge in [0.15, 0.2) is 5.78 Å². The number of ketones is 1. The van der Waals surface area contributed by atoms with Gasteiger partial charge in [0.1, 0.15) is 11.6 Å². The number of Topliss-reactive ketones (excluding diaryl/α,β-unsaturated/α-hetero) is 1. The number of rotatable bonds is 5. The molecule has 100 valence electrons. The average molecular weight is 257 g/mol. The van der Waals surface area contributed by atoms with Crippen molar-refractivity contribution in [3.05, 3.63) is 35.4 Å². The fourth-order valence-electron chi connectivity index (χ4n) is 1.69. The van der Waals surface area contributed by atoms with Gasteiger partial charge in [0.05, 0.1) is 17.7 Å². The molecule has 0 aliphatic rings. The summed E-state index contributed by atoms with van der Waals surface area (Å²) in [5.41, 5.74) is -0.138. The van der Waals surface area contributed by atoms with Crippen molar-refractivity contribution in [3.63, 3.8) is 0 Å². The maximum atomic E-state index is 13.5. The number of halogens is 2. The van der Waals surface area contributed by atoms with E-state index in [1.807, 2.05) is 0 Å². The zero-order chi connectivity index (χ0) is 13.9. The zero-order valence-corrected chi connectivity index (χ0v) is 10.7. The van der Waals surface area contributed by atoms with E-state index < -0.39 is 29.6 Å². The molecular formula is C13H17F2NO2. The van der Waals surface area contributed by atoms with E-state index >= 15 is 0 Å². The predicted molar refractivity (Wildman–Crippen MR) is 64.5 cm³/mol. The highest BCUT2D eigenvalue weighted by Gasteiger charge is 2.23. The summed E-state index contributed by atoms with van der Waals surface area (Å²) in [5.74, 6) is -2.01. The molecule has 0 bridgehead atoms. The summed E-state index contributed by atoms with van der Waals surface area (Å²) in [6.45, 7) is 3.52. The maximum Gasteiger partial charge on any atom is 0.182 e. The van der Waals surface area contributed by atoms with Crippen LogP contribution in [0.25, 0.3) is 0 Å². The van der Waals surface area contributed by atoms with E-state index in [4.69, 9.17) is 0 Å². The standard InChI is InChI=1S/C13H17F2NO2/c1-8(17)7-16(3)9(2)13(18)11-5-4-10(14)6-12(11)15/h4-6,8-9,17H,7H2,1-3H3. The molecule has 1 aromatic rings. The first-order valence-corrected chi connectivity index (χ1v) is 5.70. The van der Waals surface area contributed by atoms with Gasteiger partial charge in [0.2, 0.25) is 0 Å². The highest BCUT2D eigenvalue weighted by atomic mass is 19.1. The van der Waals surface area contributed by atoms with Crippen molar-refractivity contribution in [2.24, 2.45) is 0 Å². The van der Waals surface area contributed by atoms with Crippen LogP contribution >= 0.6 is 0 Å². The molecule has 0 amide bonds. The normalized spacial score (nSPS) is 14.6. The maximum absolute atomic E-state index is 13.5. The Balaban J connectivity index is 2.86. The summed E-state index contributed by atoms with van der Waals surface area (Å²) in [7, 11) is 1.66. The third kappa shape index (κ3) is 3.58. The van der Waals surface area contributed by atoms with Gasteiger partial charge in [-0.1, -0.05) is 0 Å². The van der Waals surface area contributed by atoms with Crippen molar-refractivity contribution in [1.29, 1.82) is 0 Å². The summed E-state index contributed by atoms with van der Waals surface area (Å²) in [6, 6.07) is 2.30. The molecule has 0 fully saturated rings. The van der Waals surface area contributed by atoms with Crippen LogP contribution in [-0.2, 0) is 0 Å². The van der Waals surface area contributed by atoms with Crippen LogP contribution < -0.4 is 0 Å². The Hall–Kier alpha value is -1.33. The van der Waals surface area contributed by atoms with E-state index in [1.165, 1.54) is 0 Å². The molecule has 1 rings (SSSR count). The Labute approximate surface area is 105 Å². The molecule has 0 saturated carbocycles. The zero-order valence-electron chi connectivity index (χ0n) is 10.7. The van der Waals surface area contributed by atoms with Crippen LogP contribution in [-0.4, -0.2) is 41.5 Å². The number of carbonyl (C=O) groups is 1. The summed E-state index contributed by atoms with van der Waals surface area (Å²) < 4.78 is 26.2. The van der Waals surface area contributed by atoms with Crippen molar-refractivity contribution in [2.75, 3.05) is 13.6 Å². The number of aliphatic hydroxyl groups excluding tert-OH is 1. The number of hydrogen-bond acceptors (Lipinski definition) is 3. The van der Waals surface area contributed by atoms with E-state index in [0.29, 0.717) is 12.6 Å². The fraction of sp³-hybridized carbons (Fsp3) is 0.462. The molecule has 0 heterocycles. The summed E-state index contributed by atoms with van der Waals surface area (Å²) in [6.07, 6.45) is -0.580. The minimum absolute atomic E-state index is 0.138. The topological polar surface area (TPSA) is 40.5 Å². The molecule has 2 atom stereocenters. The minimum atomic E-state index is -0.864. The first kappa shape index (κ1) is 14.7. The predicted octanol–water partition coefficient (Wildman–Crippen LogP) is 1.85. The average Bonchev–Trinajstić information content (AvgIpc) is 2.26. The Morgan fingerprint density at radius 3 is 2.50 bits per heavy atom. The van der Waals surface area contributed by atoms with E-state index in [2.05, 4.69) is 0 Å². The number of aliphatic hydroxyl groups is 1. The molecular weight excluding hydrogens is 240 g/mol. The van der Waals surface area contributed by atoms with Crippen LogP contribution in [0.15, 0.2) is 18.2 Å². The Morgan fingerprint density at radius 2 is 2.00 bits per heavy atom. The molecule has 2 unspecified atom stereocenters. The van der Waals surface area contributed by atoms with Gasteiger partial charge in [-0.2, -0.15) is 0 Å². The van der Waals surface area contributed by atoms with Crippen molar-refractivity contribution in [3.8, 4) is 0 Å². The van der Waals surface area contributed by atoms with Crippen LogP contribution in [0.3, 0.4) is 0 Å². The molecule has 3 nitrogen and oxygen atoms in total. The first-order chi connectivity index (χ1) is 8.32. The van der Waals surface area contributed by atoms with E-state index in [9.17, 15) is 18.7 Å². The van der Waals surface area contributed by atoms with Crippen molar-refractivity contribution in [1.82, 2.24) is 4.90 Å². The SMILES string of the molecule is CC(O)CN(C)C(C)C(=O)c1ccc(F)cc1F. The second-order valence-corrected chi connectivity index (χ2v) is 4.45. The number of benzene rings is 1. The van der Waals surface area contributed by atoms with Crippen LogP contribution in [0, 0.1) is 11.6 Å². The third-order valence-electron chi connectivity index (χ3n) is 2.79. The molecule has 0 aromatic heterocycles. The second-order valence-electron chi connectivity index (χ2n) is 4.45. The van der Waals surface area contributed by atoms with Gasteiger partial charge in [-0.05, 0) is 33.0 Å². The van der Waals surface area contributed by atoms with E-state index in [0.717, 1.165) is 12.1 Å². The number of hydrogen-bond donors (Lipinski definition) is 1. The second kappa shape index (κ2) is 6.02. The molecule has 0 radical (unpaired) electrons. The highest BCUT2D eigenvalue weighted by molar-refractivity contribution is 6.00. The number of nitrogens with zero attached hydrogens (tertiary/aromatic N) is 1. The fourth-order valence-corrected chi connectivity index (χ4v) is 1.69. The lowest BCUT2D eigenvalue weighted by Gasteiger charge is -2.24. The van der Waals surface area contributed by atoms with Gasteiger partial charge >= 0.3 is 0 Å². The first-order valence-electron chi connectivity index (χ1n) is 5.70. The minimum Gasteiger partial charge on any atom is -0.392 e. The van der Waals surface area contributed by atoms with Gasteiger partial charge in [-0.3, -0.25) is 9.69 Å². The molecule has 5 heteroatoms. The lowest BCUT2D eigenvalue weighted by molar-refractivity contribution is 0.0785. The van der Waals surface area contributed by atoms with Crippen LogP contribution in [0.1, 0.15) is 24.2 Å². The Bertz CT molecular complexity index is 435. The van der Waals surface area contributed by atoms with Crippen LogP contribution in [0.2, 0.25) is 0 Å². The Morgan fingerprint density at radius 1 is 1.39 bits per heavy atom. The third-order valence-corrected chi connectivity index (χ3v) is 2.79. The van der Waals surface area contributed by atoms with Crippen molar-refractivity contribution < 1.29 is 18.7 Å². The smallest absolute Gasteiger partial charge is 0.182 e. The van der Waals surface area contributed by atoms with Gasteiger partial charge in [0.25, 0.3) is 0 Å². The van der Waals surface area contributed by atoms with Crippen molar-refractivity contribution >= 4 is 5.78 Å². The molecule has 0 aliphatic carbocycles. The van der Waals surface area contributed by atoms with Crippen molar-refractivity contribution in [2.45, 2.75) is 26.0 Å². The monoisotopic (exact) mass is 257 g/mol. The molecule has 0 spiro atoms. The number of likely N-dealkylation sites (N-methyl/N-ethyl adjacent to an activating group) is 1. The molecule has 1 N–H and O–H groups in total. The largest absolute Gasteiger partial charge is 0.392 e. The summed E-state index contributed by atoms with van der Waals surface area (Å²) >= 11 is 0. The van der Waals surface area contributed by atoms with Crippen LogP contribution in [0.4, 0.5) is 8.78 Å². The van der Waals surface area contributed by atoms with Gasteiger partial charge < -0.3 is 5.11 Å². The molecule has 18 heavy (non-hydrogen) atoms. The van der Waals surface area contributed by atoms with E-state index in [1.54, 1.807) is 25.8 Å². The molecule has 0 saturated heterocycles.